The van der Waals surface area contributed by atoms with Gasteiger partial charge in [0.25, 0.3) is 0 Å². The van der Waals surface area contributed by atoms with Gasteiger partial charge < -0.3 is 10.6 Å². The average Bonchev–Trinajstić information content (AvgIpc) is 3.34. The maximum atomic E-state index is 12.3. The van der Waals surface area contributed by atoms with Crippen LogP contribution in [0.2, 0.25) is 5.02 Å². The minimum Gasteiger partial charge on any atom is -0.326 e. The lowest BCUT2D eigenvalue weighted by Crippen LogP contribution is -2.21. The predicted octanol–water partition coefficient (Wildman–Crippen LogP) is 4.17. The van der Waals surface area contributed by atoms with Gasteiger partial charge in [-0.25, -0.2) is 0 Å². The van der Waals surface area contributed by atoms with E-state index in [0.717, 1.165) is 16.8 Å². The van der Waals surface area contributed by atoms with Gasteiger partial charge in [-0.15, -0.1) is 0 Å². The highest BCUT2D eigenvalue weighted by Crippen LogP contribution is 2.40. The second-order valence-corrected chi connectivity index (χ2v) is 6.64. The standard InChI is InChI=1S/C19H19ClN2O2/c1-11-5-3-4-6-16(11)21-18(23)14-10-15(14)19(24)22-17-9-13(20)8-7-12(17)2/h3-9,14-15H,10H2,1-2H3,(H,21,23)(H,22,24). The van der Waals surface area contributed by atoms with Crippen molar-refractivity contribution in [1.82, 2.24) is 0 Å². The normalized spacial score (nSPS) is 18.8. The molecule has 1 aliphatic carbocycles. The Bertz CT molecular complexity index is 804. The number of nitrogens with one attached hydrogen (secondary N) is 2. The van der Waals surface area contributed by atoms with Gasteiger partial charge in [0, 0.05) is 16.4 Å². The first-order valence-corrected chi connectivity index (χ1v) is 8.27. The summed E-state index contributed by atoms with van der Waals surface area (Å²) in [6.07, 6.45) is 0.573. The molecule has 24 heavy (non-hydrogen) atoms. The molecule has 0 aliphatic heterocycles. The molecule has 0 bridgehead atoms. The maximum Gasteiger partial charge on any atom is 0.228 e. The van der Waals surface area contributed by atoms with E-state index < -0.39 is 0 Å². The summed E-state index contributed by atoms with van der Waals surface area (Å²) in [6.45, 7) is 3.84. The molecule has 4 nitrogen and oxygen atoms in total. The van der Waals surface area contributed by atoms with Gasteiger partial charge >= 0.3 is 0 Å². The summed E-state index contributed by atoms with van der Waals surface area (Å²) >= 11 is 5.96. The monoisotopic (exact) mass is 342 g/mol. The third kappa shape index (κ3) is 3.60. The number of para-hydroxylation sites is 1. The van der Waals surface area contributed by atoms with E-state index in [-0.39, 0.29) is 23.7 Å². The van der Waals surface area contributed by atoms with Gasteiger partial charge in [0.15, 0.2) is 0 Å². The Morgan fingerprint density at radius 1 is 0.917 bits per heavy atom. The van der Waals surface area contributed by atoms with Crippen molar-refractivity contribution in [2.75, 3.05) is 10.6 Å². The number of rotatable bonds is 4. The number of amides is 2. The number of benzene rings is 2. The van der Waals surface area contributed by atoms with Gasteiger partial charge in [-0.3, -0.25) is 9.59 Å². The van der Waals surface area contributed by atoms with Crippen LogP contribution in [0.3, 0.4) is 0 Å². The van der Waals surface area contributed by atoms with E-state index in [9.17, 15) is 9.59 Å². The Hall–Kier alpha value is -2.33. The lowest BCUT2D eigenvalue weighted by Gasteiger charge is -2.09. The second kappa shape index (κ2) is 6.65. The van der Waals surface area contributed by atoms with Gasteiger partial charge in [-0.2, -0.15) is 0 Å². The lowest BCUT2D eigenvalue weighted by atomic mass is 10.2. The number of aryl methyl sites for hydroxylation is 2. The highest BCUT2D eigenvalue weighted by Gasteiger charge is 2.48. The molecule has 1 saturated carbocycles. The minimum absolute atomic E-state index is 0.104. The summed E-state index contributed by atoms with van der Waals surface area (Å²) in [5.41, 5.74) is 3.42. The average molecular weight is 343 g/mol. The fourth-order valence-electron chi connectivity index (χ4n) is 2.67. The van der Waals surface area contributed by atoms with Crippen molar-refractivity contribution in [1.29, 1.82) is 0 Å². The van der Waals surface area contributed by atoms with Crippen LogP contribution >= 0.6 is 11.6 Å². The Balaban J connectivity index is 1.60. The molecule has 0 spiro atoms. The van der Waals surface area contributed by atoms with E-state index in [2.05, 4.69) is 10.6 Å². The lowest BCUT2D eigenvalue weighted by molar-refractivity contribution is -0.122. The van der Waals surface area contributed by atoms with Crippen molar-refractivity contribution >= 4 is 34.8 Å². The molecular formula is C19H19ClN2O2. The second-order valence-electron chi connectivity index (χ2n) is 6.20. The highest BCUT2D eigenvalue weighted by atomic mass is 35.5. The Morgan fingerprint density at radius 2 is 1.50 bits per heavy atom. The molecule has 1 fully saturated rings. The number of hydrogen-bond donors (Lipinski definition) is 2. The molecule has 2 atom stereocenters. The van der Waals surface area contributed by atoms with Gasteiger partial charge in [-0.1, -0.05) is 35.9 Å². The van der Waals surface area contributed by atoms with Gasteiger partial charge in [0.2, 0.25) is 11.8 Å². The predicted molar refractivity (Wildman–Crippen MR) is 96.2 cm³/mol. The molecule has 1 aliphatic rings. The number of carbonyl (C=O) groups is 2. The molecule has 0 aromatic heterocycles. The Kier molecular flexibility index (Phi) is 4.58. The van der Waals surface area contributed by atoms with Crippen molar-refractivity contribution < 1.29 is 9.59 Å². The number of halogens is 1. The van der Waals surface area contributed by atoms with E-state index in [0.29, 0.717) is 17.1 Å². The fraction of sp³-hybridized carbons (Fsp3) is 0.263. The van der Waals surface area contributed by atoms with E-state index >= 15 is 0 Å². The Morgan fingerprint density at radius 3 is 2.17 bits per heavy atom. The van der Waals surface area contributed by atoms with E-state index in [1.165, 1.54) is 0 Å². The molecule has 124 valence electrons. The SMILES string of the molecule is Cc1ccccc1NC(=O)C1CC1C(=O)Nc1cc(Cl)ccc1C. The summed E-state index contributed by atoms with van der Waals surface area (Å²) < 4.78 is 0. The van der Waals surface area contributed by atoms with E-state index in [4.69, 9.17) is 11.6 Å². The summed E-state index contributed by atoms with van der Waals surface area (Å²) in [5, 5.41) is 6.34. The zero-order valence-electron chi connectivity index (χ0n) is 13.6. The molecular weight excluding hydrogens is 324 g/mol. The molecule has 3 rings (SSSR count). The molecule has 0 saturated heterocycles. The minimum atomic E-state index is -0.285. The maximum absolute atomic E-state index is 12.3. The Labute approximate surface area is 146 Å². The quantitative estimate of drug-likeness (QED) is 0.876. The van der Waals surface area contributed by atoms with Crippen LogP contribution in [0, 0.1) is 25.7 Å². The van der Waals surface area contributed by atoms with Crippen LogP contribution in [-0.4, -0.2) is 11.8 Å². The molecule has 2 unspecified atom stereocenters. The molecule has 2 amide bonds. The third-order valence-electron chi connectivity index (χ3n) is 4.32. The van der Waals surface area contributed by atoms with Crippen LogP contribution in [0.25, 0.3) is 0 Å². The van der Waals surface area contributed by atoms with Crippen molar-refractivity contribution in [3.63, 3.8) is 0 Å². The van der Waals surface area contributed by atoms with Gasteiger partial charge in [0.1, 0.15) is 0 Å². The fourth-order valence-corrected chi connectivity index (χ4v) is 2.84. The summed E-state index contributed by atoms with van der Waals surface area (Å²) in [4.78, 5) is 24.6. The van der Waals surface area contributed by atoms with Crippen LogP contribution in [-0.2, 0) is 9.59 Å². The van der Waals surface area contributed by atoms with E-state index in [1.807, 2.05) is 44.2 Å². The smallest absolute Gasteiger partial charge is 0.228 e. The summed E-state index contributed by atoms with van der Waals surface area (Å²) in [6, 6.07) is 13.0. The third-order valence-corrected chi connectivity index (χ3v) is 4.56. The molecule has 0 radical (unpaired) electrons. The molecule has 2 N–H and O–H groups in total. The molecule has 0 heterocycles. The highest BCUT2D eigenvalue weighted by molar-refractivity contribution is 6.31. The number of anilines is 2. The molecule has 2 aromatic rings. The van der Waals surface area contributed by atoms with Crippen LogP contribution < -0.4 is 10.6 Å². The molecule has 5 heteroatoms. The largest absolute Gasteiger partial charge is 0.326 e. The van der Waals surface area contributed by atoms with E-state index in [1.54, 1.807) is 12.1 Å². The van der Waals surface area contributed by atoms with Crippen molar-refractivity contribution in [3.05, 3.63) is 58.6 Å². The first kappa shape index (κ1) is 16.5. The van der Waals surface area contributed by atoms with Crippen LogP contribution in [0.15, 0.2) is 42.5 Å². The number of carbonyl (C=O) groups excluding carboxylic acids is 2. The van der Waals surface area contributed by atoms with Crippen LogP contribution in [0.5, 0.6) is 0 Å². The van der Waals surface area contributed by atoms with Crippen LogP contribution in [0.4, 0.5) is 11.4 Å². The zero-order valence-corrected chi connectivity index (χ0v) is 14.4. The van der Waals surface area contributed by atoms with Crippen molar-refractivity contribution in [3.8, 4) is 0 Å². The van der Waals surface area contributed by atoms with Gasteiger partial charge in [-0.05, 0) is 49.6 Å². The first-order valence-electron chi connectivity index (χ1n) is 7.89. The van der Waals surface area contributed by atoms with Crippen LogP contribution in [0.1, 0.15) is 17.5 Å². The molecule has 2 aromatic carbocycles. The zero-order chi connectivity index (χ0) is 17.3. The number of hydrogen-bond acceptors (Lipinski definition) is 2. The summed E-state index contributed by atoms with van der Waals surface area (Å²) in [5.74, 6) is -0.797. The van der Waals surface area contributed by atoms with Gasteiger partial charge in [0.05, 0.1) is 11.8 Å². The van der Waals surface area contributed by atoms with Crippen molar-refractivity contribution in [2.45, 2.75) is 20.3 Å². The van der Waals surface area contributed by atoms with Crippen molar-refractivity contribution in [2.24, 2.45) is 11.8 Å². The topological polar surface area (TPSA) is 58.2 Å². The first-order chi connectivity index (χ1) is 11.5. The summed E-state index contributed by atoms with van der Waals surface area (Å²) in [7, 11) is 0.